The van der Waals surface area contributed by atoms with Crippen molar-refractivity contribution < 1.29 is 14.4 Å². The van der Waals surface area contributed by atoms with Crippen molar-refractivity contribution in [3.63, 3.8) is 0 Å². The smallest absolute Gasteiger partial charge is 0.321 e. The molecule has 0 heterocycles. The van der Waals surface area contributed by atoms with Gasteiger partial charge in [0.25, 0.3) is 0 Å². The first kappa shape index (κ1) is 17.0. The lowest BCUT2D eigenvalue weighted by molar-refractivity contribution is -0.125. The van der Waals surface area contributed by atoms with E-state index in [1.54, 1.807) is 12.1 Å². The molecule has 21 heavy (non-hydrogen) atoms. The van der Waals surface area contributed by atoms with Gasteiger partial charge in [-0.15, -0.1) is 0 Å². The summed E-state index contributed by atoms with van der Waals surface area (Å²) in [5.41, 5.74) is 0.900. The van der Waals surface area contributed by atoms with Crippen molar-refractivity contribution in [3.05, 3.63) is 34.9 Å². The number of hydrogen-bond donors (Lipinski definition) is 3. The summed E-state index contributed by atoms with van der Waals surface area (Å²) >= 11 is 5.87. The molecule has 0 aliphatic heterocycles. The molecule has 0 aromatic heterocycles. The molecule has 4 amide bonds. The van der Waals surface area contributed by atoms with E-state index in [4.69, 9.17) is 11.6 Å². The lowest BCUT2D eigenvalue weighted by Crippen LogP contribution is -2.42. The number of nitrogens with one attached hydrogen (secondary N) is 3. The minimum absolute atomic E-state index is 0.163. The fraction of sp³-hybridized carbons (Fsp3) is 0.357. The van der Waals surface area contributed by atoms with Crippen LogP contribution in [0, 0.1) is 5.92 Å². The molecule has 0 saturated heterocycles. The van der Waals surface area contributed by atoms with E-state index in [0.717, 1.165) is 5.56 Å². The largest absolute Gasteiger partial charge is 0.352 e. The Morgan fingerprint density at radius 1 is 1.33 bits per heavy atom. The maximum Gasteiger partial charge on any atom is 0.321 e. The predicted molar refractivity (Wildman–Crippen MR) is 79.7 cm³/mol. The van der Waals surface area contributed by atoms with Crippen LogP contribution in [-0.2, 0) is 16.1 Å². The van der Waals surface area contributed by atoms with E-state index >= 15 is 0 Å². The highest BCUT2D eigenvalue weighted by atomic mass is 35.5. The van der Waals surface area contributed by atoms with E-state index < -0.39 is 6.03 Å². The molecule has 114 valence electrons. The molecule has 0 aliphatic carbocycles. The van der Waals surface area contributed by atoms with Gasteiger partial charge in [0.1, 0.15) is 0 Å². The van der Waals surface area contributed by atoms with Gasteiger partial charge in [-0.25, -0.2) is 4.79 Å². The summed E-state index contributed by atoms with van der Waals surface area (Å²) in [4.78, 5) is 33.2. The van der Waals surface area contributed by atoms with Crippen LogP contribution >= 0.6 is 11.6 Å². The second-order valence-corrected chi connectivity index (χ2v) is 4.86. The van der Waals surface area contributed by atoms with Crippen LogP contribution in [0.3, 0.4) is 0 Å². The fourth-order valence-electron chi connectivity index (χ4n) is 1.72. The topological polar surface area (TPSA) is 87.3 Å². The first-order valence-electron chi connectivity index (χ1n) is 6.57. The SMILES string of the molecule is CCC(CNC(=O)NC=O)C(=O)NCc1cccc(Cl)c1. The van der Waals surface area contributed by atoms with Crippen LogP contribution in [0.5, 0.6) is 0 Å². The van der Waals surface area contributed by atoms with Crippen molar-refractivity contribution in [2.75, 3.05) is 6.54 Å². The van der Waals surface area contributed by atoms with Gasteiger partial charge in [0, 0.05) is 18.1 Å². The number of amides is 4. The van der Waals surface area contributed by atoms with Gasteiger partial charge in [-0.2, -0.15) is 0 Å². The van der Waals surface area contributed by atoms with E-state index in [2.05, 4.69) is 10.6 Å². The Labute approximate surface area is 128 Å². The zero-order valence-electron chi connectivity index (χ0n) is 11.7. The van der Waals surface area contributed by atoms with Gasteiger partial charge in [0.2, 0.25) is 12.3 Å². The third-order valence-corrected chi connectivity index (χ3v) is 3.15. The zero-order valence-corrected chi connectivity index (χ0v) is 12.4. The maximum atomic E-state index is 12.0. The number of carbonyl (C=O) groups excluding carboxylic acids is 3. The Balaban J connectivity index is 2.44. The molecule has 0 bridgehead atoms. The molecule has 1 unspecified atom stereocenters. The van der Waals surface area contributed by atoms with Crippen LogP contribution in [-0.4, -0.2) is 24.9 Å². The molecule has 0 saturated carbocycles. The van der Waals surface area contributed by atoms with Crippen LogP contribution in [0.15, 0.2) is 24.3 Å². The summed E-state index contributed by atoms with van der Waals surface area (Å²) in [6.45, 7) is 2.39. The molecule has 7 heteroatoms. The Morgan fingerprint density at radius 3 is 2.71 bits per heavy atom. The van der Waals surface area contributed by atoms with Gasteiger partial charge in [-0.05, 0) is 24.1 Å². The third-order valence-electron chi connectivity index (χ3n) is 2.92. The number of rotatable bonds is 7. The molecular weight excluding hydrogens is 294 g/mol. The van der Waals surface area contributed by atoms with Crippen molar-refractivity contribution >= 4 is 29.9 Å². The highest BCUT2D eigenvalue weighted by Gasteiger charge is 2.16. The molecule has 1 rings (SSSR count). The monoisotopic (exact) mass is 311 g/mol. The standard InChI is InChI=1S/C14H18ClN3O3/c1-2-11(8-17-14(21)18-9-19)13(20)16-7-10-4-3-5-12(15)6-10/h3-6,9,11H,2,7-8H2,1H3,(H,16,20)(H2,17,18,19,21). The highest BCUT2D eigenvalue weighted by molar-refractivity contribution is 6.30. The summed E-state index contributed by atoms with van der Waals surface area (Å²) < 4.78 is 0. The van der Waals surface area contributed by atoms with Crippen molar-refractivity contribution in [1.82, 2.24) is 16.0 Å². The van der Waals surface area contributed by atoms with Crippen molar-refractivity contribution in [1.29, 1.82) is 0 Å². The summed E-state index contributed by atoms with van der Waals surface area (Å²) in [7, 11) is 0. The number of imide groups is 1. The normalized spacial score (nSPS) is 11.3. The lowest BCUT2D eigenvalue weighted by atomic mass is 10.1. The van der Waals surface area contributed by atoms with Crippen molar-refractivity contribution in [2.24, 2.45) is 5.92 Å². The summed E-state index contributed by atoms with van der Waals surface area (Å²) in [6, 6.07) is 6.59. The van der Waals surface area contributed by atoms with Gasteiger partial charge in [-0.3, -0.25) is 14.9 Å². The minimum Gasteiger partial charge on any atom is -0.352 e. The van der Waals surface area contributed by atoms with Crippen molar-refractivity contribution in [3.8, 4) is 0 Å². The molecule has 0 fully saturated rings. The second kappa shape index (κ2) is 8.97. The number of carbonyl (C=O) groups is 3. The van der Waals surface area contributed by atoms with Crippen LogP contribution in [0.4, 0.5) is 4.79 Å². The number of halogens is 1. The Morgan fingerprint density at radius 2 is 2.10 bits per heavy atom. The van der Waals surface area contributed by atoms with E-state index in [1.165, 1.54) is 0 Å². The zero-order chi connectivity index (χ0) is 15.7. The Bertz CT molecular complexity index is 508. The lowest BCUT2D eigenvalue weighted by Gasteiger charge is -2.15. The number of benzene rings is 1. The van der Waals surface area contributed by atoms with Gasteiger partial charge in [0.05, 0.1) is 5.92 Å². The Kier molecular flexibility index (Phi) is 7.25. The molecule has 1 aromatic rings. The van der Waals surface area contributed by atoms with Gasteiger partial charge < -0.3 is 10.6 Å². The van der Waals surface area contributed by atoms with E-state index in [-0.39, 0.29) is 24.8 Å². The van der Waals surface area contributed by atoms with Crippen molar-refractivity contribution in [2.45, 2.75) is 19.9 Å². The van der Waals surface area contributed by atoms with Gasteiger partial charge in [-0.1, -0.05) is 30.7 Å². The third kappa shape index (κ3) is 6.27. The first-order valence-corrected chi connectivity index (χ1v) is 6.94. The Hall–Kier alpha value is -2.08. The van der Waals surface area contributed by atoms with E-state index in [1.807, 2.05) is 24.4 Å². The predicted octanol–water partition coefficient (Wildman–Crippen LogP) is 1.44. The fourth-order valence-corrected chi connectivity index (χ4v) is 1.94. The van der Waals surface area contributed by atoms with Crippen LogP contribution < -0.4 is 16.0 Å². The molecule has 6 nitrogen and oxygen atoms in total. The molecular formula is C14H18ClN3O3. The molecule has 1 atom stereocenters. The average Bonchev–Trinajstić information content (AvgIpc) is 2.46. The van der Waals surface area contributed by atoms with Crippen LogP contribution in [0.2, 0.25) is 5.02 Å². The first-order chi connectivity index (χ1) is 10.1. The molecule has 0 aliphatic rings. The molecule has 3 N–H and O–H groups in total. The molecule has 1 aromatic carbocycles. The summed E-state index contributed by atoms with van der Waals surface area (Å²) in [6.07, 6.45) is 0.859. The van der Waals surface area contributed by atoms with E-state index in [0.29, 0.717) is 18.0 Å². The number of hydrogen-bond acceptors (Lipinski definition) is 3. The summed E-state index contributed by atoms with van der Waals surface area (Å²) in [5, 5.41) is 7.82. The van der Waals surface area contributed by atoms with E-state index in [9.17, 15) is 14.4 Å². The summed E-state index contributed by atoms with van der Waals surface area (Å²) in [5.74, 6) is -0.523. The van der Waals surface area contributed by atoms with Crippen LogP contribution in [0.1, 0.15) is 18.9 Å². The quantitative estimate of drug-likeness (QED) is 0.666. The highest BCUT2D eigenvalue weighted by Crippen LogP contribution is 2.10. The number of urea groups is 1. The average molecular weight is 312 g/mol. The van der Waals surface area contributed by atoms with Gasteiger partial charge >= 0.3 is 6.03 Å². The second-order valence-electron chi connectivity index (χ2n) is 4.43. The van der Waals surface area contributed by atoms with Crippen LogP contribution in [0.25, 0.3) is 0 Å². The van der Waals surface area contributed by atoms with Gasteiger partial charge in [0.15, 0.2) is 0 Å². The molecule has 0 radical (unpaired) electrons. The maximum absolute atomic E-state index is 12.0. The molecule has 0 spiro atoms. The minimum atomic E-state index is -0.619.